The number of aryl methyl sites for hydroxylation is 1. The van der Waals surface area contributed by atoms with Gasteiger partial charge in [0.25, 0.3) is 0 Å². The monoisotopic (exact) mass is 310 g/mol. The minimum atomic E-state index is -4.17. The molecule has 112 valence electrons. The molecule has 2 aromatic heterocycles. The van der Waals surface area contributed by atoms with Crippen molar-refractivity contribution < 1.29 is 22.4 Å². The van der Waals surface area contributed by atoms with Gasteiger partial charge in [0.15, 0.2) is 12.7 Å². The molecule has 0 fully saturated rings. The minimum absolute atomic E-state index is 0.227. The lowest BCUT2D eigenvalue weighted by molar-refractivity contribution is -0.753. The minimum Gasteiger partial charge on any atom is -0.748 e. The second-order valence-electron chi connectivity index (χ2n) is 4.24. The molecule has 0 amide bonds. The van der Waals surface area contributed by atoms with E-state index in [1.807, 2.05) is 0 Å². The summed E-state index contributed by atoms with van der Waals surface area (Å²) in [5.74, 6) is 0.0319. The van der Waals surface area contributed by atoms with Crippen LogP contribution >= 0.6 is 0 Å². The van der Waals surface area contributed by atoms with E-state index >= 15 is 0 Å². The van der Waals surface area contributed by atoms with E-state index in [9.17, 15) is 13.0 Å². The van der Waals surface area contributed by atoms with Gasteiger partial charge in [-0.05, 0) is 5.10 Å². The van der Waals surface area contributed by atoms with Crippen LogP contribution < -0.4 is 9.42 Å². The van der Waals surface area contributed by atoms with Crippen molar-refractivity contribution in [3.8, 4) is 17.1 Å². The summed E-state index contributed by atoms with van der Waals surface area (Å²) >= 11 is 0. The van der Waals surface area contributed by atoms with Gasteiger partial charge in [-0.2, -0.15) is 0 Å². The van der Waals surface area contributed by atoms with Crippen LogP contribution in [0, 0.1) is 0 Å². The van der Waals surface area contributed by atoms with E-state index < -0.39 is 15.9 Å². The van der Waals surface area contributed by atoms with Crippen LogP contribution in [0.15, 0.2) is 30.9 Å². The predicted molar refractivity (Wildman–Crippen MR) is 71.2 cm³/mol. The van der Waals surface area contributed by atoms with Gasteiger partial charge in [-0.3, -0.25) is 0 Å². The molecule has 0 spiro atoms. The van der Waals surface area contributed by atoms with Crippen LogP contribution in [-0.4, -0.2) is 40.9 Å². The molecule has 8 nitrogen and oxygen atoms in total. The predicted octanol–water partition coefficient (Wildman–Crippen LogP) is -0.230. The largest absolute Gasteiger partial charge is 0.748 e. The Bertz CT molecular complexity index is 686. The normalized spacial score (nSPS) is 11.3. The third-order valence-corrected chi connectivity index (χ3v) is 3.47. The SMILES string of the molecule is COc1cnc(-c2cc[n+](CCCS(=O)(=O)[O-])nc2)cn1. The first-order chi connectivity index (χ1) is 9.98. The number of ether oxygens (including phenoxy) is 1. The van der Waals surface area contributed by atoms with Crippen molar-refractivity contribution >= 4 is 10.1 Å². The van der Waals surface area contributed by atoms with Crippen molar-refractivity contribution in [1.82, 2.24) is 15.1 Å². The van der Waals surface area contributed by atoms with Crippen LogP contribution in [0.5, 0.6) is 5.88 Å². The molecule has 2 aromatic rings. The van der Waals surface area contributed by atoms with E-state index in [1.54, 1.807) is 29.3 Å². The fourth-order valence-electron chi connectivity index (χ4n) is 1.64. The van der Waals surface area contributed by atoms with Crippen LogP contribution in [0.1, 0.15) is 6.42 Å². The lowest BCUT2D eigenvalue weighted by Gasteiger charge is -2.03. The van der Waals surface area contributed by atoms with E-state index in [1.165, 1.54) is 13.3 Å². The van der Waals surface area contributed by atoms with Gasteiger partial charge >= 0.3 is 0 Å². The molecule has 2 rings (SSSR count). The molecule has 2 heterocycles. The summed E-state index contributed by atoms with van der Waals surface area (Å²) in [6.07, 6.45) is 6.60. The highest BCUT2D eigenvalue weighted by Crippen LogP contribution is 2.14. The van der Waals surface area contributed by atoms with Crippen molar-refractivity contribution in [3.63, 3.8) is 0 Å². The van der Waals surface area contributed by atoms with Gasteiger partial charge in [0.1, 0.15) is 6.20 Å². The molecule has 9 heteroatoms. The summed E-state index contributed by atoms with van der Waals surface area (Å²) < 4.78 is 38.0. The zero-order valence-electron chi connectivity index (χ0n) is 11.3. The summed E-state index contributed by atoms with van der Waals surface area (Å²) in [7, 11) is -2.66. The van der Waals surface area contributed by atoms with Crippen molar-refractivity contribution in [3.05, 3.63) is 30.9 Å². The molecule has 21 heavy (non-hydrogen) atoms. The maximum Gasteiger partial charge on any atom is 0.232 e. The summed E-state index contributed by atoms with van der Waals surface area (Å²) in [5, 5.41) is 4.14. The summed E-state index contributed by atoms with van der Waals surface area (Å²) in [6, 6.07) is 1.79. The van der Waals surface area contributed by atoms with Gasteiger partial charge in [-0.1, -0.05) is 4.68 Å². The number of nitrogens with zero attached hydrogens (tertiary/aromatic N) is 4. The molecular weight excluding hydrogens is 296 g/mol. The highest BCUT2D eigenvalue weighted by Gasteiger charge is 2.07. The second kappa shape index (κ2) is 6.55. The third kappa shape index (κ3) is 4.72. The first kappa shape index (κ1) is 15.3. The van der Waals surface area contributed by atoms with Gasteiger partial charge in [-0.25, -0.2) is 18.4 Å². The first-order valence-electron chi connectivity index (χ1n) is 6.14. The zero-order chi connectivity index (χ0) is 15.3. The maximum atomic E-state index is 10.5. The average molecular weight is 310 g/mol. The molecule has 0 saturated heterocycles. The summed E-state index contributed by atoms with van der Waals surface area (Å²) in [5.41, 5.74) is 1.43. The Kier molecular flexibility index (Phi) is 4.76. The number of methoxy groups -OCH3 is 1. The number of hydrogen-bond donors (Lipinski definition) is 0. The standard InChI is InChI=1S/C12H14N4O4S/c1-20-12-9-13-11(8-14-12)10-3-5-16(15-7-10)4-2-6-21(17,18)19/h3,5,7-9H,2,4,6H2,1H3. The highest BCUT2D eigenvalue weighted by atomic mass is 32.2. The van der Waals surface area contributed by atoms with Crippen LogP contribution in [0.2, 0.25) is 0 Å². The molecule has 0 unspecified atom stereocenters. The Morgan fingerprint density at radius 2 is 2.10 bits per heavy atom. The Morgan fingerprint density at radius 3 is 2.62 bits per heavy atom. The molecule has 0 aliphatic carbocycles. The van der Waals surface area contributed by atoms with Crippen LogP contribution in [-0.2, 0) is 16.7 Å². The van der Waals surface area contributed by atoms with Crippen molar-refractivity contribution in [2.45, 2.75) is 13.0 Å². The average Bonchev–Trinajstić information content (AvgIpc) is 2.47. The fourth-order valence-corrected chi connectivity index (χ4v) is 2.12. The smallest absolute Gasteiger partial charge is 0.232 e. The molecule has 0 aliphatic rings. The number of aromatic nitrogens is 4. The quantitative estimate of drug-likeness (QED) is 0.535. The first-order valence-corrected chi connectivity index (χ1v) is 7.71. The zero-order valence-corrected chi connectivity index (χ0v) is 12.2. The van der Waals surface area contributed by atoms with Gasteiger partial charge < -0.3 is 9.29 Å². The lowest BCUT2D eigenvalue weighted by atomic mass is 10.2. The molecule has 0 aliphatic heterocycles. The van der Waals surface area contributed by atoms with Crippen LogP contribution in [0.3, 0.4) is 0 Å². The molecular formula is C12H14N4O4S. The second-order valence-corrected chi connectivity index (χ2v) is 5.76. The van der Waals surface area contributed by atoms with Gasteiger partial charge in [0, 0.05) is 23.8 Å². The van der Waals surface area contributed by atoms with Crippen molar-refractivity contribution in [2.24, 2.45) is 0 Å². The van der Waals surface area contributed by atoms with E-state index in [0.717, 1.165) is 5.56 Å². The van der Waals surface area contributed by atoms with E-state index in [0.29, 0.717) is 18.1 Å². The summed E-state index contributed by atoms with van der Waals surface area (Å²) in [6.45, 7) is 0.357. The van der Waals surface area contributed by atoms with Gasteiger partial charge in [0.2, 0.25) is 5.88 Å². The molecule has 0 bridgehead atoms. The molecule has 0 N–H and O–H groups in total. The van der Waals surface area contributed by atoms with E-state index in [-0.39, 0.29) is 6.42 Å². The van der Waals surface area contributed by atoms with Crippen LogP contribution in [0.4, 0.5) is 0 Å². The lowest BCUT2D eigenvalue weighted by Crippen LogP contribution is -2.38. The van der Waals surface area contributed by atoms with Gasteiger partial charge in [-0.15, -0.1) is 0 Å². The topological polar surface area (TPSA) is 109 Å². The highest BCUT2D eigenvalue weighted by molar-refractivity contribution is 7.85. The molecule has 0 aromatic carbocycles. The molecule has 0 saturated carbocycles. The van der Waals surface area contributed by atoms with Crippen molar-refractivity contribution in [1.29, 1.82) is 0 Å². The number of hydrogen-bond acceptors (Lipinski definition) is 7. The Hall–Kier alpha value is -2.13. The summed E-state index contributed by atoms with van der Waals surface area (Å²) in [4.78, 5) is 8.24. The Morgan fingerprint density at radius 1 is 1.29 bits per heavy atom. The number of rotatable bonds is 6. The molecule has 0 atom stereocenters. The maximum absolute atomic E-state index is 10.5. The fraction of sp³-hybridized carbons (Fsp3) is 0.333. The third-order valence-electron chi connectivity index (χ3n) is 2.69. The van der Waals surface area contributed by atoms with Crippen LogP contribution in [0.25, 0.3) is 11.3 Å². The van der Waals surface area contributed by atoms with Crippen molar-refractivity contribution in [2.75, 3.05) is 12.9 Å². The van der Waals surface area contributed by atoms with E-state index in [2.05, 4.69) is 15.1 Å². The molecule has 0 radical (unpaired) electrons. The van der Waals surface area contributed by atoms with Gasteiger partial charge in [0.05, 0.1) is 35.3 Å². The Labute approximate surface area is 122 Å². The Balaban J connectivity index is 2.01. The van der Waals surface area contributed by atoms with E-state index in [4.69, 9.17) is 4.74 Å².